The molecule has 176 valence electrons. The lowest BCUT2D eigenvalue weighted by atomic mass is 9.72. The van der Waals surface area contributed by atoms with Gasteiger partial charge in [-0.1, -0.05) is 18.2 Å². The third kappa shape index (κ3) is 4.56. The van der Waals surface area contributed by atoms with Crippen molar-refractivity contribution in [1.29, 1.82) is 0 Å². The molecule has 0 atom stereocenters. The van der Waals surface area contributed by atoms with Crippen LogP contribution in [0, 0.1) is 5.41 Å². The summed E-state index contributed by atoms with van der Waals surface area (Å²) in [6.45, 7) is 4.39. The van der Waals surface area contributed by atoms with E-state index >= 15 is 0 Å². The summed E-state index contributed by atoms with van der Waals surface area (Å²) in [6.07, 6.45) is 5.86. The Morgan fingerprint density at radius 2 is 1.61 bits per heavy atom. The second kappa shape index (κ2) is 9.08. The SMILES string of the molecule is O=C(CNC(=O)N1CCCC1)N1CCC2(CCCN(C(=O)c3cc4ccccc4o3)C2)CC1. The van der Waals surface area contributed by atoms with Crippen molar-refractivity contribution in [2.24, 2.45) is 5.41 Å². The van der Waals surface area contributed by atoms with E-state index in [2.05, 4.69) is 5.32 Å². The minimum atomic E-state index is -0.138. The number of urea groups is 1. The number of piperidine rings is 2. The van der Waals surface area contributed by atoms with E-state index in [0.717, 1.165) is 69.1 Å². The largest absolute Gasteiger partial charge is 0.451 e. The number of carbonyl (C=O) groups excluding carboxylic acids is 3. The Morgan fingerprint density at radius 3 is 2.36 bits per heavy atom. The van der Waals surface area contributed by atoms with Gasteiger partial charge in [-0.05, 0) is 56.1 Å². The fourth-order valence-electron chi connectivity index (χ4n) is 5.56. The van der Waals surface area contributed by atoms with Crippen LogP contribution in [0.4, 0.5) is 4.79 Å². The maximum atomic E-state index is 13.1. The Labute approximate surface area is 193 Å². The highest BCUT2D eigenvalue weighted by Crippen LogP contribution is 2.40. The van der Waals surface area contributed by atoms with Crippen LogP contribution in [0.1, 0.15) is 49.1 Å². The van der Waals surface area contributed by atoms with Crippen molar-refractivity contribution in [1.82, 2.24) is 20.0 Å². The van der Waals surface area contributed by atoms with E-state index in [-0.39, 0.29) is 29.8 Å². The minimum absolute atomic E-state index is 0.0246. The average Bonchev–Trinajstić information content (AvgIpc) is 3.53. The standard InChI is InChI=1S/C25H32N4O4/c30-22(17-26-24(32)28-11-3-4-12-28)27-14-9-25(10-15-27)8-5-13-29(18-25)23(31)21-16-19-6-1-2-7-20(19)33-21/h1-2,6-7,16H,3-5,8-15,17-18H2,(H,26,32). The Bertz CT molecular complexity index is 1000. The lowest BCUT2D eigenvalue weighted by Gasteiger charge is -2.47. The van der Waals surface area contributed by atoms with E-state index in [1.807, 2.05) is 40.1 Å². The Hall–Kier alpha value is -3.03. The van der Waals surface area contributed by atoms with Gasteiger partial charge >= 0.3 is 6.03 Å². The van der Waals surface area contributed by atoms with Gasteiger partial charge < -0.3 is 24.4 Å². The summed E-state index contributed by atoms with van der Waals surface area (Å²) in [4.78, 5) is 43.5. The van der Waals surface area contributed by atoms with Crippen molar-refractivity contribution < 1.29 is 18.8 Å². The van der Waals surface area contributed by atoms with Crippen LogP contribution in [0.5, 0.6) is 0 Å². The van der Waals surface area contributed by atoms with E-state index < -0.39 is 0 Å². The number of benzene rings is 1. The highest BCUT2D eigenvalue weighted by atomic mass is 16.3. The quantitative estimate of drug-likeness (QED) is 0.776. The average molecular weight is 453 g/mol. The van der Waals surface area contributed by atoms with E-state index in [0.29, 0.717) is 25.4 Å². The van der Waals surface area contributed by atoms with Gasteiger partial charge in [-0.25, -0.2) is 4.79 Å². The molecule has 1 N–H and O–H groups in total. The number of hydrogen-bond donors (Lipinski definition) is 1. The van der Waals surface area contributed by atoms with Gasteiger partial charge in [-0.3, -0.25) is 9.59 Å². The first-order valence-corrected chi connectivity index (χ1v) is 12.1. The third-order valence-corrected chi connectivity index (χ3v) is 7.55. The maximum absolute atomic E-state index is 13.1. The monoisotopic (exact) mass is 452 g/mol. The summed E-state index contributed by atoms with van der Waals surface area (Å²) in [6, 6.07) is 9.37. The van der Waals surface area contributed by atoms with Crippen molar-refractivity contribution in [2.75, 3.05) is 45.8 Å². The topological polar surface area (TPSA) is 86.1 Å². The molecule has 0 bridgehead atoms. The molecule has 3 saturated heterocycles. The molecular formula is C25H32N4O4. The Morgan fingerprint density at radius 1 is 0.879 bits per heavy atom. The van der Waals surface area contributed by atoms with Gasteiger partial charge in [0, 0.05) is 44.7 Å². The molecular weight excluding hydrogens is 420 g/mol. The molecule has 0 unspecified atom stereocenters. The summed E-state index contributed by atoms with van der Waals surface area (Å²) in [5, 5.41) is 3.72. The van der Waals surface area contributed by atoms with E-state index in [1.54, 1.807) is 4.90 Å². The number of carbonyl (C=O) groups is 3. The van der Waals surface area contributed by atoms with Crippen LogP contribution in [-0.4, -0.2) is 78.4 Å². The zero-order valence-electron chi connectivity index (χ0n) is 19.1. The molecule has 1 spiro atoms. The van der Waals surface area contributed by atoms with Gasteiger partial charge in [0.05, 0.1) is 6.54 Å². The van der Waals surface area contributed by atoms with Crippen LogP contribution in [0.2, 0.25) is 0 Å². The molecule has 5 rings (SSSR count). The molecule has 3 aliphatic heterocycles. The number of hydrogen-bond acceptors (Lipinski definition) is 4. The van der Waals surface area contributed by atoms with Gasteiger partial charge in [0.25, 0.3) is 5.91 Å². The van der Waals surface area contributed by atoms with Gasteiger partial charge in [0.15, 0.2) is 5.76 Å². The number of fused-ring (bicyclic) bond motifs is 1. The first-order valence-electron chi connectivity index (χ1n) is 12.1. The number of nitrogens with one attached hydrogen (secondary N) is 1. The van der Waals surface area contributed by atoms with Crippen LogP contribution >= 0.6 is 0 Å². The van der Waals surface area contributed by atoms with Crippen molar-refractivity contribution in [3.8, 4) is 0 Å². The number of nitrogens with zero attached hydrogens (tertiary/aromatic N) is 3. The zero-order valence-corrected chi connectivity index (χ0v) is 19.1. The molecule has 1 aromatic heterocycles. The zero-order chi connectivity index (χ0) is 22.8. The van der Waals surface area contributed by atoms with E-state index in [1.165, 1.54) is 0 Å². The minimum Gasteiger partial charge on any atom is -0.451 e. The summed E-state index contributed by atoms with van der Waals surface area (Å²) in [5.41, 5.74) is 0.784. The van der Waals surface area contributed by atoms with Crippen molar-refractivity contribution >= 4 is 28.8 Å². The van der Waals surface area contributed by atoms with Gasteiger partial charge in [-0.15, -0.1) is 0 Å². The molecule has 0 radical (unpaired) electrons. The van der Waals surface area contributed by atoms with Gasteiger partial charge in [0.1, 0.15) is 5.58 Å². The molecule has 4 amide bonds. The summed E-state index contributed by atoms with van der Waals surface area (Å²) >= 11 is 0. The lowest BCUT2D eigenvalue weighted by molar-refractivity contribution is -0.133. The number of likely N-dealkylation sites (tertiary alicyclic amines) is 3. The first-order chi connectivity index (χ1) is 16.0. The molecule has 3 fully saturated rings. The number of amides is 4. The smallest absolute Gasteiger partial charge is 0.317 e. The predicted molar refractivity (Wildman–Crippen MR) is 124 cm³/mol. The second-order valence-corrected chi connectivity index (χ2v) is 9.71. The highest BCUT2D eigenvalue weighted by Gasteiger charge is 2.41. The van der Waals surface area contributed by atoms with Crippen LogP contribution < -0.4 is 5.32 Å². The Balaban J connectivity index is 1.15. The molecule has 4 heterocycles. The first kappa shape index (κ1) is 21.8. The fraction of sp³-hybridized carbons (Fsp3) is 0.560. The molecule has 3 aliphatic rings. The predicted octanol–water partition coefficient (Wildman–Crippen LogP) is 3.08. The molecule has 2 aromatic rings. The van der Waals surface area contributed by atoms with Crippen LogP contribution in [0.25, 0.3) is 11.0 Å². The van der Waals surface area contributed by atoms with Crippen LogP contribution in [-0.2, 0) is 4.79 Å². The van der Waals surface area contributed by atoms with Gasteiger partial charge in [0.2, 0.25) is 5.91 Å². The molecule has 8 heteroatoms. The normalized spacial score (nSPS) is 20.4. The van der Waals surface area contributed by atoms with Crippen LogP contribution in [0.15, 0.2) is 34.7 Å². The Kier molecular flexibility index (Phi) is 6.00. The number of rotatable bonds is 3. The summed E-state index contributed by atoms with van der Waals surface area (Å²) in [7, 11) is 0. The summed E-state index contributed by atoms with van der Waals surface area (Å²) in [5.74, 6) is 0.325. The van der Waals surface area contributed by atoms with Crippen molar-refractivity contribution in [3.63, 3.8) is 0 Å². The fourth-order valence-corrected chi connectivity index (χ4v) is 5.56. The summed E-state index contributed by atoms with van der Waals surface area (Å²) < 4.78 is 5.81. The van der Waals surface area contributed by atoms with Gasteiger partial charge in [-0.2, -0.15) is 0 Å². The molecule has 8 nitrogen and oxygen atoms in total. The number of furan rings is 1. The molecule has 0 saturated carbocycles. The maximum Gasteiger partial charge on any atom is 0.317 e. The molecule has 33 heavy (non-hydrogen) atoms. The van der Waals surface area contributed by atoms with Crippen molar-refractivity contribution in [2.45, 2.75) is 38.5 Å². The number of para-hydroxylation sites is 1. The van der Waals surface area contributed by atoms with E-state index in [9.17, 15) is 14.4 Å². The third-order valence-electron chi connectivity index (χ3n) is 7.55. The lowest BCUT2D eigenvalue weighted by Crippen LogP contribution is -2.53. The molecule has 1 aromatic carbocycles. The van der Waals surface area contributed by atoms with E-state index in [4.69, 9.17) is 4.42 Å². The van der Waals surface area contributed by atoms with Crippen molar-refractivity contribution in [3.05, 3.63) is 36.1 Å². The second-order valence-electron chi connectivity index (χ2n) is 9.71. The highest BCUT2D eigenvalue weighted by molar-refractivity contribution is 5.96. The van der Waals surface area contributed by atoms with Crippen LogP contribution in [0.3, 0.4) is 0 Å². The molecule has 0 aliphatic carbocycles.